The van der Waals surface area contributed by atoms with Crippen LogP contribution in [0.15, 0.2) is 12.1 Å². The Kier molecular flexibility index (Phi) is 4.10. The summed E-state index contributed by atoms with van der Waals surface area (Å²) in [5.41, 5.74) is 1.08. The summed E-state index contributed by atoms with van der Waals surface area (Å²) in [6, 6.07) is 2.13. The van der Waals surface area contributed by atoms with Gasteiger partial charge in [0.1, 0.15) is 11.1 Å². The van der Waals surface area contributed by atoms with Crippen LogP contribution < -0.4 is 10.2 Å². The van der Waals surface area contributed by atoms with E-state index in [1.807, 2.05) is 0 Å². The van der Waals surface area contributed by atoms with Crippen molar-refractivity contribution in [1.29, 1.82) is 0 Å². The van der Waals surface area contributed by atoms with Crippen molar-refractivity contribution >= 4 is 28.9 Å². The van der Waals surface area contributed by atoms with E-state index in [0.717, 1.165) is 0 Å². The number of hydrogen-bond acceptors (Lipinski definition) is 5. The van der Waals surface area contributed by atoms with Crippen molar-refractivity contribution in [2.45, 2.75) is 13.0 Å². The predicted octanol–water partition coefficient (Wildman–Crippen LogP) is 1.42. The lowest BCUT2D eigenvalue weighted by molar-refractivity contribution is -0.384. The molecule has 1 heterocycles. The molecule has 0 bridgehead atoms. The Bertz CT molecular complexity index is 564. The number of nitro benzene ring substituents is 1. The number of carbonyl (C=O) groups is 1. The Morgan fingerprint density at radius 2 is 2.30 bits per heavy atom. The van der Waals surface area contributed by atoms with Gasteiger partial charge in [-0.25, -0.2) is 4.79 Å². The zero-order valence-corrected chi connectivity index (χ0v) is 11.6. The van der Waals surface area contributed by atoms with Gasteiger partial charge in [0.2, 0.25) is 0 Å². The molecule has 1 aromatic rings. The molecular formula is C12H14ClN3O4. The average molecular weight is 300 g/mol. The van der Waals surface area contributed by atoms with Crippen LogP contribution in [0.2, 0.25) is 5.02 Å². The maximum atomic E-state index is 11.3. The molecule has 8 heteroatoms. The first-order chi connectivity index (χ1) is 9.41. The lowest BCUT2D eigenvalue weighted by atomic mass is 10.1. The van der Waals surface area contributed by atoms with Gasteiger partial charge in [0.05, 0.1) is 4.92 Å². The third-order valence-corrected chi connectivity index (χ3v) is 3.60. The Balaban J connectivity index is 2.43. The van der Waals surface area contributed by atoms with Crippen molar-refractivity contribution in [3.63, 3.8) is 0 Å². The minimum atomic E-state index is -0.939. The fourth-order valence-corrected chi connectivity index (χ4v) is 2.55. The molecule has 1 aromatic carbocycles. The second-order valence-corrected chi connectivity index (χ2v) is 5.01. The summed E-state index contributed by atoms with van der Waals surface area (Å²) in [7, 11) is 0. The molecule has 2 rings (SSSR count). The van der Waals surface area contributed by atoms with Crippen LogP contribution in [0.3, 0.4) is 0 Å². The molecule has 0 radical (unpaired) electrons. The number of nitrogens with zero attached hydrogens (tertiary/aromatic N) is 2. The largest absolute Gasteiger partial charge is 0.480 e. The fourth-order valence-electron chi connectivity index (χ4n) is 2.32. The van der Waals surface area contributed by atoms with Crippen LogP contribution in [0.4, 0.5) is 11.4 Å². The summed E-state index contributed by atoms with van der Waals surface area (Å²) in [5.74, 6) is -0.939. The van der Waals surface area contributed by atoms with Crippen molar-refractivity contribution in [3.05, 3.63) is 32.8 Å². The van der Waals surface area contributed by atoms with Gasteiger partial charge >= 0.3 is 5.97 Å². The summed E-state index contributed by atoms with van der Waals surface area (Å²) in [4.78, 5) is 23.3. The van der Waals surface area contributed by atoms with Gasteiger partial charge in [0, 0.05) is 31.4 Å². The van der Waals surface area contributed by atoms with Crippen LogP contribution in [0.1, 0.15) is 5.56 Å². The number of benzene rings is 1. The molecule has 108 valence electrons. The molecule has 1 aliphatic rings. The topological polar surface area (TPSA) is 95.7 Å². The summed E-state index contributed by atoms with van der Waals surface area (Å²) in [6.45, 7) is 3.19. The van der Waals surface area contributed by atoms with Gasteiger partial charge in [-0.05, 0) is 18.6 Å². The van der Waals surface area contributed by atoms with Crippen LogP contribution in [-0.4, -0.2) is 41.7 Å². The van der Waals surface area contributed by atoms with Gasteiger partial charge in [-0.2, -0.15) is 0 Å². The Labute approximate surface area is 120 Å². The van der Waals surface area contributed by atoms with Crippen molar-refractivity contribution in [2.24, 2.45) is 0 Å². The molecule has 1 aliphatic heterocycles. The molecule has 0 aliphatic carbocycles. The van der Waals surface area contributed by atoms with Gasteiger partial charge in [-0.3, -0.25) is 10.1 Å². The molecule has 0 amide bonds. The van der Waals surface area contributed by atoms with E-state index in [-0.39, 0.29) is 10.7 Å². The number of nitrogens with one attached hydrogen (secondary N) is 1. The molecular weight excluding hydrogens is 286 g/mol. The minimum Gasteiger partial charge on any atom is -0.480 e. The van der Waals surface area contributed by atoms with Crippen molar-refractivity contribution in [1.82, 2.24) is 5.32 Å². The standard InChI is InChI=1S/C12H14ClN3O4/c1-7-4-10(16(19)20)8(13)5-9(7)15-3-2-14-6-11(15)12(17)18/h4-5,11,14H,2-3,6H2,1H3,(H,17,18). The number of hydrogen-bond donors (Lipinski definition) is 2. The number of carboxylic acids is 1. The summed E-state index contributed by atoms with van der Waals surface area (Å²) < 4.78 is 0. The number of carboxylic acid groups (broad SMARTS) is 1. The van der Waals surface area contributed by atoms with E-state index in [0.29, 0.717) is 30.9 Å². The molecule has 1 unspecified atom stereocenters. The first kappa shape index (κ1) is 14.5. The van der Waals surface area contributed by atoms with Crippen LogP contribution >= 0.6 is 11.6 Å². The summed E-state index contributed by atoms with van der Waals surface area (Å²) in [5, 5.41) is 23.1. The van der Waals surface area contributed by atoms with E-state index in [1.165, 1.54) is 12.1 Å². The van der Waals surface area contributed by atoms with Gasteiger partial charge in [-0.1, -0.05) is 11.6 Å². The number of piperazine rings is 1. The lowest BCUT2D eigenvalue weighted by Gasteiger charge is -2.36. The zero-order chi connectivity index (χ0) is 14.9. The number of aryl methyl sites for hydroxylation is 1. The molecule has 0 aromatic heterocycles. The maximum Gasteiger partial charge on any atom is 0.327 e. The van der Waals surface area contributed by atoms with Crippen molar-refractivity contribution < 1.29 is 14.8 Å². The molecule has 0 spiro atoms. The molecule has 20 heavy (non-hydrogen) atoms. The summed E-state index contributed by atoms with van der Waals surface area (Å²) >= 11 is 5.91. The Morgan fingerprint density at radius 3 is 2.90 bits per heavy atom. The third kappa shape index (κ3) is 2.68. The van der Waals surface area contributed by atoms with Gasteiger partial charge in [0.15, 0.2) is 0 Å². The second-order valence-electron chi connectivity index (χ2n) is 4.60. The highest BCUT2D eigenvalue weighted by atomic mass is 35.5. The number of aliphatic carboxylic acids is 1. The van der Waals surface area contributed by atoms with Crippen LogP contribution in [0, 0.1) is 17.0 Å². The number of nitro groups is 1. The quantitative estimate of drug-likeness (QED) is 0.647. The zero-order valence-electron chi connectivity index (χ0n) is 10.8. The maximum absolute atomic E-state index is 11.3. The first-order valence-electron chi connectivity index (χ1n) is 6.06. The van der Waals surface area contributed by atoms with E-state index < -0.39 is 16.9 Å². The smallest absolute Gasteiger partial charge is 0.327 e. The normalized spacial score (nSPS) is 18.9. The molecule has 0 saturated carbocycles. The second kappa shape index (κ2) is 5.64. The Hall–Kier alpha value is -1.86. The number of anilines is 1. The van der Waals surface area contributed by atoms with Gasteiger partial charge in [0.25, 0.3) is 5.69 Å². The van der Waals surface area contributed by atoms with Gasteiger partial charge in [-0.15, -0.1) is 0 Å². The third-order valence-electron chi connectivity index (χ3n) is 3.30. The minimum absolute atomic E-state index is 0.0123. The summed E-state index contributed by atoms with van der Waals surface area (Å²) in [6.07, 6.45) is 0. The van der Waals surface area contributed by atoms with E-state index in [1.54, 1.807) is 11.8 Å². The highest BCUT2D eigenvalue weighted by Gasteiger charge is 2.30. The van der Waals surface area contributed by atoms with E-state index in [9.17, 15) is 20.0 Å². The first-order valence-corrected chi connectivity index (χ1v) is 6.44. The monoisotopic (exact) mass is 299 g/mol. The lowest BCUT2D eigenvalue weighted by Crippen LogP contribution is -2.55. The van der Waals surface area contributed by atoms with Crippen LogP contribution in [0.5, 0.6) is 0 Å². The molecule has 2 N–H and O–H groups in total. The fraction of sp³-hybridized carbons (Fsp3) is 0.417. The van der Waals surface area contributed by atoms with E-state index in [4.69, 9.17) is 11.6 Å². The number of halogens is 1. The van der Waals surface area contributed by atoms with Gasteiger partial charge < -0.3 is 15.3 Å². The molecule has 1 atom stereocenters. The van der Waals surface area contributed by atoms with Crippen LogP contribution in [0.25, 0.3) is 0 Å². The Morgan fingerprint density at radius 1 is 1.60 bits per heavy atom. The molecule has 1 saturated heterocycles. The van der Waals surface area contributed by atoms with E-state index in [2.05, 4.69) is 5.32 Å². The highest BCUT2D eigenvalue weighted by molar-refractivity contribution is 6.33. The number of rotatable bonds is 3. The van der Waals surface area contributed by atoms with Crippen molar-refractivity contribution in [3.8, 4) is 0 Å². The van der Waals surface area contributed by atoms with Crippen LogP contribution in [-0.2, 0) is 4.79 Å². The van der Waals surface area contributed by atoms with Crippen molar-refractivity contribution in [2.75, 3.05) is 24.5 Å². The average Bonchev–Trinajstić information content (AvgIpc) is 2.40. The molecule has 1 fully saturated rings. The van der Waals surface area contributed by atoms with E-state index >= 15 is 0 Å². The molecule has 7 nitrogen and oxygen atoms in total. The highest BCUT2D eigenvalue weighted by Crippen LogP contribution is 2.33. The predicted molar refractivity (Wildman–Crippen MR) is 74.5 cm³/mol. The SMILES string of the molecule is Cc1cc([N+](=O)[O-])c(Cl)cc1N1CCNCC1C(=O)O.